The minimum atomic E-state index is 0.584. The molecule has 0 radical (unpaired) electrons. The van der Waals surface area contributed by atoms with E-state index in [1.165, 1.54) is 146 Å². The van der Waals surface area contributed by atoms with E-state index >= 15 is 0 Å². The number of hydrogen-bond acceptors (Lipinski definition) is 2. The Morgan fingerprint density at radius 3 is 2.15 bits per heavy atom. The third kappa shape index (κ3) is 2.82. The van der Waals surface area contributed by atoms with E-state index in [1.807, 2.05) is 0 Å². The molecular weight excluding hydrogens is 657 g/mol. The smallest absolute Gasteiger partial charge is 0.0729 e. The van der Waals surface area contributed by atoms with Gasteiger partial charge in [-0.3, -0.25) is 9.97 Å². The highest BCUT2D eigenvalue weighted by Crippen LogP contribution is 2.82. The highest BCUT2D eigenvalue weighted by atomic mass is 15.0. The molecular formula is C50H40N4. The molecule has 8 aliphatic carbocycles. The number of hydrogen-bond donors (Lipinski definition) is 0. The quantitative estimate of drug-likeness (QED) is 0.171. The fourth-order valence-electron chi connectivity index (χ4n) is 15.9. The van der Waals surface area contributed by atoms with Gasteiger partial charge in [0.25, 0.3) is 0 Å². The zero-order chi connectivity index (χ0) is 34.3. The monoisotopic (exact) mass is 696 g/mol. The maximum Gasteiger partial charge on any atom is 0.0729 e. The third-order valence-corrected chi connectivity index (χ3v) is 17.5. The van der Waals surface area contributed by atoms with Gasteiger partial charge in [-0.2, -0.15) is 0 Å². The minimum absolute atomic E-state index is 0.584. The number of fused-ring (bicyclic) bond motifs is 17. The molecule has 5 saturated carbocycles. The van der Waals surface area contributed by atoms with Crippen LogP contribution >= 0.6 is 0 Å². The van der Waals surface area contributed by atoms with Gasteiger partial charge in [-0.1, -0.05) is 48.5 Å². The largest absolute Gasteiger partial charge is 0.309 e. The van der Waals surface area contributed by atoms with E-state index in [0.29, 0.717) is 29.1 Å². The van der Waals surface area contributed by atoms with Crippen LogP contribution in [0.1, 0.15) is 104 Å². The number of para-hydroxylation sites is 1. The van der Waals surface area contributed by atoms with E-state index in [4.69, 9.17) is 9.97 Å². The zero-order valence-corrected chi connectivity index (χ0v) is 30.4. The van der Waals surface area contributed by atoms with Crippen LogP contribution in [0.25, 0.3) is 76.4 Å². The van der Waals surface area contributed by atoms with Crippen molar-refractivity contribution < 1.29 is 0 Å². The van der Waals surface area contributed by atoms with Crippen molar-refractivity contribution in [3.05, 3.63) is 108 Å². The molecule has 0 aliphatic heterocycles. The summed E-state index contributed by atoms with van der Waals surface area (Å²) in [6.45, 7) is 0. The second-order valence-electron chi connectivity index (χ2n) is 19.3. The van der Waals surface area contributed by atoms with Crippen molar-refractivity contribution in [1.82, 2.24) is 18.9 Å². The van der Waals surface area contributed by atoms with Gasteiger partial charge in [0.2, 0.25) is 0 Å². The van der Waals surface area contributed by atoms with Crippen LogP contribution in [0.4, 0.5) is 0 Å². The van der Waals surface area contributed by atoms with Crippen LogP contribution in [-0.4, -0.2) is 18.9 Å². The average molecular weight is 697 g/mol. The predicted molar refractivity (Wildman–Crippen MR) is 217 cm³/mol. The maximum atomic E-state index is 5.57. The molecule has 4 nitrogen and oxygen atoms in total. The van der Waals surface area contributed by atoms with E-state index in [2.05, 4.69) is 94.2 Å². The van der Waals surface area contributed by atoms with Crippen LogP contribution < -0.4 is 0 Å². The van der Waals surface area contributed by atoms with Crippen LogP contribution in [0.3, 0.4) is 0 Å². The summed E-state index contributed by atoms with van der Waals surface area (Å²) in [5.41, 5.74) is 14.7. The Morgan fingerprint density at radius 2 is 1.28 bits per heavy atom. The van der Waals surface area contributed by atoms with Crippen LogP contribution in [0.15, 0.2) is 85.2 Å². The van der Waals surface area contributed by atoms with E-state index in [-0.39, 0.29) is 0 Å². The van der Waals surface area contributed by atoms with Gasteiger partial charge >= 0.3 is 0 Å². The Hall–Kier alpha value is -4.96. The molecule has 4 aromatic carbocycles. The standard InChI is InChI=1S/C50H40N4/c1-2-7-32(8-3-1)53-37-11-10-26-6-4-5-9-33(26)42(37)34-20-35-43-38(22-52-47-36-19-31-18-30-17-29(41(43)47)21-50(30,31)36)54-39-23-51-46-28-15-24-12-25(16-28)14-27(13-24)40(46)44(39)45(48(34)53)49(35)54/h1-11,20,22-25,27-31,36H,12-19,21H2. The summed E-state index contributed by atoms with van der Waals surface area (Å²) < 4.78 is 5.31. The molecule has 7 atom stereocenters. The van der Waals surface area contributed by atoms with Crippen LogP contribution in [-0.2, 0) is 0 Å². The van der Waals surface area contributed by atoms with Crippen molar-refractivity contribution in [2.45, 2.75) is 81.5 Å². The number of aromatic nitrogens is 4. The van der Waals surface area contributed by atoms with Crippen LogP contribution in [0.2, 0.25) is 0 Å². The normalized spacial score (nSPS) is 32.6. The summed E-state index contributed by atoms with van der Waals surface area (Å²) >= 11 is 0. The first-order valence-electron chi connectivity index (χ1n) is 21.2. The molecule has 0 saturated heterocycles. The Bertz CT molecular complexity index is 3210. The zero-order valence-electron chi connectivity index (χ0n) is 30.4. The molecule has 0 amide bonds. The Morgan fingerprint density at radius 1 is 0.537 bits per heavy atom. The lowest BCUT2D eigenvalue weighted by Gasteiger charge is -2.67. The van der Waals surface area contributed by atoms with Gasteiger partial charge in [-0.05, 0) is 145 Å². The number of pyridine rings is 2. The highest BCUT2D eigenvalue weighted by molar-refractivity contribution is 6.37. The first-order chi connectivity index (χ1) is 26.7. The lowest BCUT2D eigenvalue weighted by Crippen LogP contribution is -2.59. The Kier molecular flexibility index (Phi) is 4.49. The molecule has 1 spiro atoms. The van der Waals surface area contributed by atoms with Gasteiger partial charge < -0.3 is 8.97 Å². The lowest BCUT2D eigenvalue weighted by atomic mass is 9.37. The summed E-state index contributed by atoms with van der Waals surface area (Å²) in [5, 5.41) is 11.4. The molecule has 9 aromatic rings. The van der Waals surface area contributed by atoms with Gasteiger partial charge in [0.15, 0.2) is 0 Å². The minimum Gasteiger partial charge on any atom is -0.309 e. The van der Waals surface area contributed by atoms with Crippen LogP contribution in [0.5, 0.6) is 0 Å². The molecule has 5 aromatic heterocycles. The van der Waals surface area contributed by atoms with Gasteiger partial charge in [-0.15, -0.1) is 0 Å². The topological polar surface area (TPSA) is 35.1 Å². The molecule has 4 heteroatoms. The van der Waals surface area contributed by atoms with E-state index in [9.17, 15) is 0 Å². The van der Waals surface area contributed by atoms with E-state index < -0.39 is 0 Å². The third-order valence-electron chi connectivity index (χ3n) is 17.5. The lowest BCUT2D eigenvalue weighted by molar-refractivity contribution is -0.147. The van der Waals surface area contributed by atoms with Crippen molar-refractivity contribution in [3.8, 4) is 5.69 Å². The summed E-state index contributed by atoms with van der Waals surface area (Å²) in [5.74, 6) is 6.09. The molecule has 6 bridgehead atoms. The molecule has 260 valence electrons. The van der Waals surface area contributed by atoms with E-state index in [1.54, 1.807) is 11.1 Å². The summed E-state index contributed by atoms with van der Waals surface area (Å²) in [7, 11) is 0. The van der Waals surface area contributed by atoms with Crippen molar-refractivity contribution in [2.24, 2.45) is 29.1 Å². The van der Waals surface area contributed by atoms with Crippen molar-refractivity contribution in [1.29, 1.82) is 0 Å². The van der Waals surface area contributed by atoms with Crippen molar-refractivity contribution in [3.63, 3.8) is 0 Å². The first kappa shape index (κ1) is 27.6. The Balaban J connectivity index is 1.17. The van der Waals surface area contributed by atoms with E-state index in [0.717, 1.165) is 23.7 Å². The predicted octanol–water partition coefficient (Wildman–Crippen LogP) is 12.3. The second-order valence-corrected chi connectivity index (χ2v) is 19.3. The van der Waals surface area contributed by atoms with Gasteiger partial charge in [-0.25, -0.2) is 0 Å². The SMILES string of the molecule is c1ccc(-n2c3ccc4ccccc4c3c3cc4c5c6c(ncc5n5c7cnc8c(c7c(c32)c45)C2CC3CC(CC8C3)C2)C2CC3CC4CC6CC432)cc1. The molecule has 0 N–H and O–H groups in total. The molecule has 17 rings (SSSR count). The maximum absolute atomic E-state index is 5.57. The fourth-order valence-corrected chi connectivity index (χ4v) is 15.9. The van der Waals surface area contributed by atoms with Crippen molar-refractivity contribution >= 4 is 70.7 Å². The van der Waals surface area contributed by atoms with Gasteiger partial charge in [0, 0.05) is 61.2 Å². The molecule has 5 heterocycles. The number of rotatable bonds is 1. The fraction of sp³-hybridized carbons (Fsp3) is 0.360. The van der Waals surface area contributed by atoms with Gasteiger partial charge in [0.1, 0.15) is 0 Å². The number of nitrogens with zero attached hydrogens (tertiary/aromatic N) is 4. The van der Waals surface area contributed by atoms with Crippen LogP contribution in [0, 0.1) is 29.1 Å². The molecule has 7 unspecified atom stereocenters. The summed E-state index contributed by atoms with van der Waals surface area (Å²) in [4.78, 5) is 11.1. The number of benzene rings is 4. The molecule has 54 heavy (non-hydrogen) atoms. The molecule has 8 aliphatic rings. The van der Waals surface area contributed by atoms with Gasteiger partial charge in [0.05, 0.1) is 40.0 Å². The highest BCUT2D eigenvalue weighted by Gasteiger charge is 2.72. The first-order valence-corrected chi connectivity index (χ1v) is 21.2. The summed E-state index contributed by atoms with van der Waals surface area (Å²) in [6, 6.07) is 27.7. The summed E-state index contributed by atoms with van der Waals surface area (Å²) in [6.07, 6.45) is 17.0. The Labute approximate surface area is 312 Å². The second kappa shape index (κ2) is 8.78. The average Bonchev–Trinajstić information content (AvgIpc) is 3.91. The van der Waals surface area contributed by atoms with Crippen molar-refractivity contribution in [2.75, 3.05) is 0 Å². The molecule has 5 fully saturated rings.